The van der Waals surface area contributed by atoms with E-state index in [1.165, 1.54) is 0 Å². The average Bonchev–Trinajstić information content (AvgIpc) is 2.69. The van der Waals surface area contributed by atoms with Crippen LogP contribution in [0, 0.1) is 23.2 Å². The molecule has 1 aliphatic rings. The maximum absolute atomic E-state index is 12.1. The Bertz CT molecular complexity index is 530. The molecule has 2 unspecified atom stereocenters. The molecule has 0 saturated carbocycles. The Morgan fingerprint density at radius 1 is 1.56 bits per heavy atom. The Morgan fingerprint density at radius 3 is 2.89 bits per heavy atom. The minimum Gasteiger partial charge on any atom is -0.465 e. The molecule has 0 aliphatic heterocycles. The van der Waals surface area contributed by atoms with Crippen molar-refractivity contribution in [1.82, 2.24) is 0 Å². The van der Waals surface area contributed by atoms with Gasteiger partial charge in [0, 0.05) is 5.56 Å². The molecule has 4 nitrogen and oxygen atoms in total. The molecule has 1 aliphatic carbocycles. The fourth-order valence-corrected chi connectivity index (χ4v) is 2.28. The molecule has 2 rings (SSSR count). The number of benzene rings is 1. The average molecular weight is 243 g/mol. The first-order valence-electron chi connectivity index (χ1n) is 5.87. The molecule has 0 amide bonds. The smallest absolute Gasteiger partial charge is 0.324 e. The Hall–Kier alpha value is -2.15. The highest BCUT2D eigenvalue weighted by Crippen LogP contribution is 2.31. The standard InChI is InChI=1S/C14H13NO3/c1-2-18-14(17)12(8-15)11-7-9-5-3-4-6-10(9)13(11)16/h3-6,11-12H,2,7H2,1H3. The van der Waals surface area contributed by atoms with Crippen molar-refractivity contribution in [2.75, 3.05) is 6.61 Å². The van der Waals surface area contributed by atoms with Crippen LogP contribution in [0.5, 0.6) is 0 Å². The van der Waals surface area contributed by atoms with Crippen LogP contribution >= 0.6 is 0 Å². The minimum atomic E-state index is -1.01. The van der Waals surface area contributed by atoms with E-state index in [9.17, 15) is 9.59 Å². The number of carbonyl (C=O) groups is 2. The van der Waals surface area contributed by atoms with Gasteiger partial charge in [-0.3, -0.25) is 9.59 Å². The summed E-state index contributed by atoms with van der Waals surface area (Å²) in [4.78, 5) is 23.8. The highest BCUT2D eigenvalue weighted by Gasteiger charge is 2.40. The molecule has 0 fully saturated rings. The van der Waals surface area contributed by atoms with Gasteiger partial charge in [0.15, 0.2) is 11.7 Å². The van der Waals surface area contributed by atoms with Crippen molar-refractivity contribution in [2.24, 2.45) is 11.8 Å². The van der Waals surface area contributed by atoms with Crippen LogP contribution in [0.1, 0.15) is 22.8 Å². The molecule has 0 bridgehead atoms. The van der Waals surface area contributed by atoms with Crippen LogP contribution in [0.3, 0.4) is 0 Å². The van der Waals surface area contributed by atoms with Crippen LogP contribution in [-0.2, 0) is 16.0 Å². The Morgan fingerprint density at radius 2 is 2.28 bits per heavy atom. The van der Waals surface area contributed by atoms with E-state index in [0.29, 0.717) is 12.0 Å². The molecule has 92 valence electrons. The topological polar surface area (TPSA) is 67.2 Å². The summed E-state index contributed by atoms with van der Waals surface area (Å²) in [6.45, 7) is 1.89. The third-order valence-electron chi connectivity index (χ3n) is 3.14. The number of Topliss-reactive ketones (excluding diaryl/α,β-unsaturated/α-hetero) is 1. The second-order valence-corrected chi connectivity index (χ2v) is 4.19. The van der Waals surface area contributed by atoms with Crippen LogP contribution in [0.4, 0.5) is 0 Å². The fourth-order valence-electron chi connectivity index (χ4n) is 2.28. The van der Waals surface area contributed by atoms with Crippen LogP contribution in [0.25, 0.3) is 0 Å². The predicted molar refractivity (Wildman–Crippen MR) is 63.7 cm³/mol. The number of fused-ring (bicyclic) bond motifs is 1. The first-order chi connectivity index (χ1) is 8.69. The van der Waals surface area contributed by atoms with Crippen molar-refractivity contribution in [3.8, 4) is 6.07 Å². The van der Waals surface area contributed by atoms with Crippen LogP contribution in [-0.4, -0.2) is 18.4 Å². The number of esters is 1. The summed E-state index contributed by atoms with van der Waals surface area (Å²) in [5.74, 6) is -2.35. The van der Waals surface area contributed by atoms with E-state index in [1.807, 2.05) is 18.2 Å². The maximum atomic E-state index is 12.1. The summed E-state index contributed by atoms with van der Waals surface area (Å²) in [5.41, 5.74) is 1.52. The third kappa shape index (κ3) is 2.00. The SMILES string of the molecule is CCOC(=O)C(C#N)C1Cc2ccccc2C1=O. The molecule has 18 heavy (non-hydrogen) atoms. The molecular formula is C14H13NO3. The van der Waals surface area contributed by atoms with Crippen LogP contribution < -0.4 is 0 Å². The van der Waals surface area contributed by atoms with Crippen molar-refractivity contribution in [2.45, 2.75) is 13.3 Å². The zero-order chi connectivity index (χ0) is 13.1. The van der Waals surface area contributed by atoms with E-state index in [1.54, 1.807) is 19.1 Å². The van der Waals surface area contributed by atoms with Crippen molar-refractivity contribution in [1.29, 1.82) is 5.26 Å². The van der Waals surface area contributed by atoms with Gasteiger partial charge in [-0.25, -0.2) is 0 Å². The summed E-state index contributed by atoms with van der Waals surface area (Å²) in [5, 5.41) is 9.08. The molecule has 4 heteroatoms. The van der Waals surface area contributed by atoms with Crippen LogP contribution in [0.2, 0.25) is 0 Å². The van der Waals surface area contributed by atoms with E-state index in [-0.39, 0.29) is 12.4 Å². The molecule has 0 spiro atoms. The summed E-state index contributed by atoms with van der Waals surface area (Å²) in [6, 6.07) is 9.12. The van der Waals surface area contributed by atoms with E-state index in [4.69, 9.17) is 10.00 Å². The molecule has 2 atom stereocenters. The lowest BCUT2D eigenvalue weighted by Gasteiger charge is -2.13. The number of nitriles is 1. The van der Waals surface area contributed by atoms with Crippen molar-refractivity contribution in [3.05, 3.63) is 35.4 Å². The maximum Gasteiger partial charge on any atom is 0.324 e. The summed E-state index contributed by atoms with van der Waals surface area (Å²) >= 11 is 0. The third-order valence-corrected chi connectivity index (χ3v) is 3.14. The van der Waals surface area contributed by atoms with Gasteiger partial charge < -0.3 is 4.74 Å². The summed E-state index contributed by atoms with van der Waals surface area (Å²) in [7, 11) is 0. The zero-order valence-corrected chi connectivity index (χ0v) is 10.1. The molecular weight excluding hydrogens is 230 g/mol. The van der Waals surface area contributed by atoms with Crippen molar-refractivity contribution in [3.63, 3.8) is 0 Å². The Balaban J connectivity index is 2.25. The zero-order valence-electron chi connectivity index (χ0n) is 10.1. The largest absolute Gasteiger partial charge is 0.465 e. The lowest BCUT2D eigenvalue weighted by Crippen LogP contribution is -2.28. The monoisotopic (exact) mass is 243 g/mol. The number of carbonyl (C=O) groups excluding carboxylic acids is 2. The van der Waals surface area contributed by atoms with Gasteiger partial charge in [-0.05, 0) is 18.9 Å². The van der Waals surface area contributed by atoms with Gasteiger partial charge in [-0.2, -0.15) is 5.26 Å². The van der Waals surface area contributed by atoms with Gasteiger partial charge in [-0.15, -0.1) is 0 Å². The van der Waals surface area contributed by atoms with Gasteiger partial charge in [0.2, 0.25) is 0 Å². The van der Waals surface area contributed by atoms with Crippen molar-refractivity contribution < 1.29 is 14.3 Å². The second-order valence-electron chi connectivity index (χ2n) is 4.19. The number of nitrogens with zero attached hydrogens (tertiary/aromatic N) is 1. The molecule has 0 saturated heterocycles. The second kappa shape index (κ2) is 5.01. The van der Waals surface area contributed by atoms with E-state index < -0.39 is 17.8 Å². The van der Waals surface area contributed by atoms with E-state index >= 15 is 0 Å². The summed E-state index contributed by atoms with van der Waals surface area (Å²) < 4.78 is 4.84. The normalized spacial score (nSPS) is 18.9. The van der Waals surface area contributed by atoms with Gasteiger partial charge in [-0.1, -0.05) is 24.3 Å². The molecule has 0 aromatic heterocycles. The lowest BCUT2D eigenvalue weighted by atomic mass is 9.90. The highest BCUT2D eigenvalue weighted by molar-refractivity contribution is 6.04. The van der Waals surface area contributed by atoms with Gasteiger partial charge in [0.1, 0.15) is 0 Å². The molecule has 0 radical (unpaired) electrons. The quantitative estimate of drug-likeness (QED) is 0.758. The van der Waals surface area contributed by atoms with Gasteiger partial charge >= 0.3 is 5.97 Å². The Kier molecular flexibility index (Phi) is 3.42. The summed E-state index contributed by atoms with van der Waals surface area (Å²) in [6.07, 6.45) is 0.437. The van der Waals surface area contributed by atoms with Crippen LogP contribution in [0.15, 0.2) is 24.3 Å². The number of ether oxygens (including phenoxy) is 1. The van der Waals surface area contributed by atoms with E-state index in [2.05, 4.69) is 0 Å². The highest BCUT2D eigenvalue weighted by atomic mass is 16.5. The first kappa shape index (κ1) is 12.3. The molecule has 1 aromatic rings. The molecule has 0 N–H and O–H groups in total. The number of rotatable bonds is 3. The number of hydrogen-bond acceptors (Lipinski definition) is 4. The molecule has 1 aromatic carbocycles. The number of ketones is 1. The Labute approximate surface area is 105 Å². The van der Waals surface area contributed by atoms with Gasteiger partial charge in [0.25, 0.3) is 0 Å². The molecule has 0 heterocycles. The van der Waals surface area contributed by atoms with Crippen molar-refractivity contribution >= 4 is 11.8 Å². The number of hydrogen-bond donors (Lipinski definition) is 0. The minimum absolute atomic E-state index is 0.134. The predicted octanol–water partition coefficient (Wildman–Crippen LogP) is 1.74. The first-order valence-corrected chi connectivity index (χ1v) is 5.87. The van der Waals surface area contributed by atoms with E-state index in [0.717, 1.165) is 5.56 Å². The van der Waals surface area contributed by atoms with Gasteiger partial charge in [0.05, 0.1) is 18.6 Å². The fraction of sp³-hybridized carbons (Fsp3) is 0.357. The lowest BCUT2D eigenvalue weighted by molar-refractivity contribution is -0.147.